The lowest BCUT2D eigenvalue weighted by molar-refractivity contribution is -0.143. The molecule has 0 bridgehead atoms. The van der Waals surface area contributed by atoms with Crippen molar-refractivity contribution < 1.29 is 24.5 Å². The highest BCUT2D eigenvalue weighted by molar-refractivity contribution is 5.76. The Bertz CT molecular complexity index is 1120. The van der Waals surface area contributed by atoms with Gasteiger partial charge in [0.05, 0.1) is 25.4 Å². The van der Waals surface area contributed by atoms with Crippen LogP contribution in [0.1, 0.15) is 361 Å². The molecule has 0 radical (unpaired) electrons. The highest BCUT2D eigenvalue weighted by Gasteiger charge is 2.20. The summed E-state index contributed by atoms with van der Waals surface area (Å²) >= 11 is 0. The molecule has 72 heavy (non-hydrogen) atoms. The number of carbonyl (C=O) groups excluding carboxylic acids is 2. The largest absolute Gasteiger partial charge is 0.466 e. The van der Waals surface area contributed by atoms with Gasteiger partial charge >= 0.3 is 5.97 Å². The molecule has 0 heterocycles. The summed E-state index contributed by atoms with van der Waals surface area (Å²) in [5.74, 6) is -0.0210. The average Bonchev–Trinajstić information content (AvgIpc) is 3.38. The fourth-order valence-corrected chi connectivity index (χ4v) is 10.3. The molecule has 0 saturated carbocycles. The lowest BCUT2D eigenvalue weighted by Crippen LogP contribution is -2.45. The Morgan fingerprint density at radius 3 is 1.06 bits per heavy atom. The van der Waals surface area contributed by atoms with E-state index in [2.05, 4.69) is 43.5 Å². The van der Waals surface area contributed by atoms with Crippen molar-refractivity contribution in [2.24, 2.45) is 0 Å². The molecule has 1 amide bonds. The summed E-state index contributed by atoms with van der Waals surface area (Å²) in [7, 11) is 0. The lowest BCUT2D eigenvalue weighted by Gasteiger charge is -2.22. The zero-order chi connectivity index (χ0) is 52.2. The van der Waals surface area contributed by atoms with Gasteiger partial charge in [0.25, 0.3) is 0 Å². The molecule has 6 nitrogen and oxygen atoms in total. The van der Waals surface area contributed by atoms with Crippen LogP contribution in [-0.4, -0.2) is 47.4 Å². The maximum Gasteiger partial charge on any atom is 0.305 e. The van der Waals surface area contributed by atoms with E-state index in [4.69, 9.17) is 4.74 Å². The number of hydrogen-bond donors (Lipinski definition) is 3. The molecule has 6 heteroatoms. The highest BCUT2D eigenvalue weighted by atomic mass is 16.5. The minimum absolute atomic E-state index is 0.0131. The highest BCUT2D eigenvalue weighted by Crippen LogP contribution is 2.18. The summed E-state index contributed by atoms with van der Waals surface area (Å²) in [5.41, 5.74) is 0. The van der Waals surface area contributed by atoms with Gasteiger partial charge in [-0.05, 0) is 57.8 Å². The third-order valence-electron chi connectivity index (χ3n) is 15.3. The van der Waals surface area contributed by atoms with Crippen LogP contribution in [0, 0.1) is 0 Å². The Hall–Kier alpha value is -1.66. The number of amides is 1. The van der Waals surface area contributed by atoms with Crippen molar-refractivity contribution >= 4 is 11.9 Å². The second-order valence-corrected chi connectivity index (χ2v) is 22.5. The number of hydrogen-bond acceptors (Lipinski definition) is 5. The number of aliphatic hydroxyl groups excluding tert-OH is 2. The van der Waals surface area contributed by atoms with Gasteiger partial charge in [0.1, 0.15) is 0 Å². The smallest absolute Gasteiger partial charge is 0.305 e. The van der Waals surface area contributed by atoms with Gasteiger partial charge < -0.3 is 20.3 Å². The molecule has 0 saturated heterocycles. The van der Waals surface area contributed by atoms with Crippen molar-refractivity contribution in [1.82, 2.24) is 5.32 Å². The van der Waals surface area contributed by atoms with Crippen molar-refractivity contribution in [1.29, 1.82) is 0 Å². The molecule has 0 aliphatic carbocycles. The monoisotopic (exact) mass is 1010 g/mol. The molecule has 2 unspecified atom stereocenters. The number of nitrogens with one attached hydrogen (secondary N) is 1. The van der Waals surface area contributed by atoms with Crippen LogP contribution >= 0.6 is 0 Å². The number of unbranched alkanes of at least 4 members (excludes halogenated alkanes) is 46. The summed E-state index contributed by atoms with van der Waals surface area (Å²) < 4.78 is 5.47. The molecule has 426 valence electrons. The third kappa shape index (κ3) is 57.6. The molecule has 0 aliphatic rings. The molecule has 0 aliphatic heterocycles. The zero-order valence-electron chi connectivity index (χ0n) is 48.7. The van der Waals surface area contributed by atoms with Crippen LogP contribution in [0.15, 0.2) is 24.3 Å². The fraction of sp³-hybridized carbons (Fsp3) is 0.909. The maximum atomic E-state index is 12.5. The maximum absolute atomic E-state index is 12.5. The SMILES string of the molecule is CCCCCCCCCCCCCCCCC(O)C(CO)NC(=O)CCCCCCCCCCCCCCC/C=C\C/C=C\CCCCCCCCCCCOC(=O)CCCCCCCCCCCCCC. The number of aliphatic hydroxyl groups is 2. The number of carbonyl (C=O) groups is 2. The number of rotatable bonds is 61. The fourth-order valence-electron chi connectivity index (χ4n) is 10.3. The summed E-state index contributed by atoms with van der Waals surface area (Å²) in [6.07, 6.45) is 76.3. The summed E-state index contributed by atoms with van der Waals surface area (Å²) in [6.45, 7) is 4.97. The molecule has 2 atom stereocenters. The van der Waals surface area contributed by atoms with Gasteiger partial charge in [-0.3, -0.25) is 9.59 Å². The second-order valence-electron chi connectivity index (χ2n) is 22.5. The summed E-state index contributed by atoms with van der Waals surface area (Å²) in [4.78, 5) is 24.5. The minimum atomic E-state index is -0.664. The molecule has 0 aromatic rings. The Kier molecular flexibility index (Phi) is 60.5. The van der Waals surface area contributed by atoms with Gasteiger partial charge in [-0.15, -0.1) is 0 Å². The van der Waals surface area contributed by atoms with E-state index in [0.29, 0.717) is 25.9 Å². The lowest BCUT2D eigenvalue weighted by atomic mass is 10.0. The van der Waals surface area contributed by atoms with Crippen LogP contribution in [0.25, 0.3) is 0 Å². The Morgan fingerprint density at radius 1 is 0.389 bits per heavy atom. The van der Waals surface area contributed by atoms with E-state index in [-0.39, 0.29) is 18.5 Å². The van der Waals surface area contributed by atoms with E-state index in [9.17, 15) is 19.8 Å². The quantitative estimate of drug-likeness (QED) is 0.0320. The van der Waals surface area contributed by atoms with Gasteiger partial charge in [0.2, 0.25) is 5.91 Å². The van der Waals surface area contributed by atoms with Crippen LogP contribution in [0.3, 0.4) is 0 Å². The first-order valence-corrected chi connectivity index (χ1v) is 32.6. The van der Waals surface area contributed by atoms with Crippen LogP contribution in [0.5, 0.6) is 0 Å². The molecular weight excluding hydrogens is 887 g/mol. The molecular formula is C66H127NO5. The van der Waals surface area contributed by atoms with Gasteiger partial charge in [0, 0.05) is 12.8 Å². The van der Waals surface area contributed by atoms with Crippen molar-refractivity contribution in [2.75, 3.05) is 13.2 Å². The predicted molar refractivity (Wildman–Crippen MR) is 315 cm³/mol. The predicted octanol–water partition coefficient (Wildman–Crippen LogP) is 20.6. The first-order chi connectivity index (χ1) is 35.5. The number of ether oxygens (including phenoxy) is 1. The minimum Gasteiger partial charge on any atom is -0.466 e. The van der Waals surface area contributed by atoms with E-state index in [1.54, 1.807) is 0 Å². The van der Waals surface area contributed by atoms with Crippen molar-refractivity contribution in [3.8, 4) is 0 Å². The average molecular weight is 1010 g/mol. The number of allylic oxidation sites excluding steroid dienone is 4. The van der Waals surface area contributed by atoms with Gasteiger partial charge in [-0.25, -0.2) is 0 Å². The van der Waals surface area contributed by atoms with Crippen LogP contribution in [0.2, 0.25) is 0 Å². The normalized spacial score (nSPS) is 12.7. The van der Waals surface area contributed by atoms with E-state index in [1.165, 1.54) is 283 Å². The topological polar surface area (TPSA) is 95.9 Å². The van der Waals surface area contributed by atoms with Crippen molar-refractivity contribution in [2.45, 2.75) is 373 Å². The van der Waals surface area contributed by atoms with Gasteiger partial charge in [-0.1, -0.05) is 314 Å². The Balaban J connectivity index is 3.39. The second kappa shape index (κ2) is 61.9. The Morgan fingerprint density at radius 2 is 0.694 bits per heavy atom. The molecule has 0 spiro atoms. The van der Waals surface area contributed by atoms with E-state index < -0.39 is 12.1 Å². The molecule has 0 rings (SSSR count). The van der Waals surface area contributed by atoms with Gasteiger partial charge in [0.15, 0.2) is 0 Å². The van der Waals surface area contributed by atoms with Crippen LogP contribution in [-0.2, 0) is 14.3 Å². The van der Waals surface area contributed by atoms with Crippen molar-refractivity contribution in [3.63, 3.8) is 0 Å². The van der Waals surface area contributed by atoms with E-state index in [0.717, 1.165) is 44.9 Å². The zero-order valence-corrected chi connectivity index (χ0v) is 48.7. The Labute approximate surface area is 450 Å². The standard InChI is InChI=1S/C66H127NO5/c1-3-5-7-9-11-13-15-17-35-38-42-46-50-54-58-64(69)63(62-68)67-65(70)59-55-51-47-43-39-36-33-31-29-27-25-23-21-19-18-20-22-24-26-28-30-32-34-37-41-45-49-53-57-61-72-66(71)60-56-52-48-44-40-16-14-12-10-8-6-4-2/h18,20,24,26,63-64,68-69H,3-17,19,21-23,25,27-62H2,1-2H3,(H,67,70)/b20-18-,26-24-. The molecule has 0 aromatic carbocycles. The van der Waals surface area contributed by atoms with Crippen molar-refractivity contribution in [3.05, 3.63) is 24.3 Å². The first kappa shape index (κ1) is 70.3. The third-order valence-corrected chi connectivity index (χ3v) is 15.3. The van der Waals surface area contributed by atoms with E-state index >= 15 is 0 Å². The molecule has 3 N–H and O–H groups in total. The first-order valence-electron chi connectivity index (χ1n) is 32.6. The molecule has 0 fully saturated rings. The van der Waals surface area contributed by atoms with Crippen LogP contribution in [0.4, 0.5) is 0 Å². The molecule has 0 aromatic heterocycles. The van der Waals surface area contributed by atoms with Crippen LogP contribution < -0.4 is 5.32 Å². The van der Waals surface area contributed by atoms with E-state index in [1.807, 2.05) is 0 Å². The van der Waals surface area contributed by atoms with Gasteiger partial charge in [-0.2, -0.15) is 0 Å². The summed E-state index contributed by atoms with van der Waals surface area (Å²) in [5, 5.41) is 23.3. The summed E-state index contributed by atoms with van der Waals surface area (Å²) in [6, 6.07) is -0.541. The number of esters is 1.